The molecule has 0 saturated carbocycles. The molecule has 0 bridgehead atoms. The zero-order valence-electron chi connectivity index (χ0n) is 15.9. The minimum Gasteiger partial charge on any atom is -0.489 e. The molecule has 9 heteroatoms. The number of anilines is 1. The predicted octanol–water partition coefficient (Wildman–Crippen LogP) is 4.47. The molecule has 5 nitrogen and oxygen atoms in total. The fourth-order valence-corrected chi connectivity index (χ4v) is 3.47. The molecule has 0 aliphatic carbocycles. The second kappa shape index (κ2) is 9.45. The maximum atomic E-state index is 13.9. The number of halogens is 4. The van der Waals surface area contributed by atoms with E-state index in [1.807, 2.05) is 0 Å². The molecule has 30 heavy (non-hydrogen) atoms. The standard InChI is InChI=1S/C21H18Cl2F2N2O3/c1-27-11-14(12-4-2-5-13(10-12)30-9-8-17(22)23)18(21(27)29)20(28)26-16-7-3-6-15(24)19(16)25/h2-8,10,14,18H,9,11H2,1H3,(H,26,28). The number of rotatable bonds is 6. The van der Waals surface area contributed by atoms with Gasteiger partial charge in [0, 0.05) is 19.5 Å². The number of benzene rings is 2. The smallest absolute Gasteiger partial charge is 0.237 e. The molecule has 1 aliphatic rings. The number of carbonyl (C=O) groups is 2. The van der Waals surface area contributed by atoms with Crippen molar-refractivity contribution in [2.24, 2.45) is 5.92 Å². The van der Waals surface area contributed by atoms with Gasteiger partial charge < -0.3 is 15.0 Å². The van der Waals surface area contributed by atoms with E-state index in [4.69, 9.17) is 27.9 Å². The first-order valence-corrected chi connectivity index (χ1v) is 9.77. The van der Waals surface area contributed by atoms with Gasteiger partial charge in [-0.2, -0.15) is 0 Å². The van der Waals surface area contributed by atoms with Crippen LogP contribution >= 0.6 is 23.2 Å². The van der Waals surface area contributed by atoms with Gasteiger partial charge in [-0.1, -0.05) is 41.4 Å². The van der Waals surface area contributed by atoms with Crippen molar-refractivity contribution in [3.05, 3.63) is 70.2 Å². The van der Waals surface area contributed by atoms with E-state index in [2.05, 4.69) is 5.32 Å². The van der Waals surface area contributed by atoms with Crippen molar-refractivity contribution < 1.29 is 23.1 Å². The minimum atomic E-state index is -1.18. The van der Waals surface area contributed by atoms with Gasteiger partial charge in [0.25, 0.3) is 0 Å². The summed E-state index contributed by atoms with van der Waals surface area (Å²) >= 11 is 11.1. The first-order valence-electron chi connectivity index (χ1n) is 9.01. The van der Waals surface area contributed by atoms with Crippen molar-refractivity contribution in [3.8, 4) is 5.75 Å². The van der Waals surface area contributed by atoms with Crippen LogP contribution in [0.15, 0.2) is 53.0 Å². The van der Waals surface area contributed by atoms with E-state index in [1.54, 1.807) is 31.3 Å². The lowest BCUT2D eigenvalue weighted by molar-refractivity contribution is -0.135. The van der Waals surface area contributed by atoms with Gasteiger partial charge in [-0.15, -0.1) is 0 Å². The van der Waals surface area contributed by atoms with Crippen LogP contribution in [0.3, 0.4) is 0 Å². The van der Waals surface area contributed by atoms with E-state index in [-0.39, 0.29) is 16.8 Å². The molecule has 3 rings (SSSR count). The Morgan fingerprint density at radius 3 is 2.73 bits per heavy atom. The van der Waals surface area contributed by atoms with E-state index in [0.29, 0.717) is 17.9 Å². The summed E-state index contributed by atoms with van der Waals surface area (Å²) in [6.45, 7) is 0.442. The SMILES string of the molecule is CN1CC(c2cccc(OCC=C(Cl)Cl)c2)C(C(=O)Nc2cccc(F)c2F)C1=O. The van der Waals surface area contributed by atoms with E-state index in [0.717, 1.165) is 6.07 Å². The molecule has 1 saturated heterocycles. The molecule has 158 valence electrons. The Morgan fingerprint density at radius 2 is 2.00 bits per heavy atom. The summed E-state index contributed by atoms with van der Waals surface area (Å²) in [4.78, 5) is 26.9. The molecular weight excluding hydrogens is 437 g/mol. The molecule has 1 aliphatic heterocycles. The van der Waals surface area contributed by atoms with Crippen LogP contribution in [-0.4, -0.2) is 36.9 Å². The van der Waals surface area contributed by atoms with Gasteiger partial charge in [0.15, 0.2) is 11.6 Å². The van der Waals surface area contributed by atoms with Crippen LogP contribution in [0.5, 0.6) is 5.75 Å². The quantitative estimate of drug-likeness (QED) is 0.654. The summed E-state index contributed by atoms with van der Waals surface area (Å²) in [6, 6.07) is 10.4. The van der Waals surface area contributed by atoms with Gasteiger partial charge >= 0.3 is 0 Å². The van der Waals surface area contributed by atoms with Gasteiger partial charge in [0.2, 0.25) is 11.8 Å². The second-order valence-electron chi connectivity index (χ2n) is 6.77. The zero-order chi connectivity index (χ0) is 21.8. The van der Waals surface area contributed by atoms with Crippen LogP contribution in [-0.2, 0) is 9.59 Å². The molecule has 0 radical (unpaired) electrons. The Labute approximate surface area is 182 Å². The molecule has 1 fully saturated rings. The predicted molar refractivity (Wildman–Crippen MR) is 111 cm³/mol. The summed E-state index contributed by atoms with van der Waals surface area (Å²) < 4.78 is 33.0. The zero-order valence-corrected chi connectivity index (χ0v) is 17.4. The molecule has 0 aromatic heterocycles. The number of nitrogens with one attached hydrogen (secondary N) is 1. The average molecular weight is 455 g/mol. The Morgan fingerprint density at radius 1 is 1.27 bits per heavy atom. The number of nitrogens with zero attached hydrogens (tertiary/aromatic N) is 1. The van der Waals surface area contributed by atoms with E-state index in [9.17, 15) is 18.4 Å². The second-order valence-corrected chi connectivity index (χ2v) is 7.78. The third kappa shape index (κ3) is 4.91. The van der Waals surface area contributed by atoms with Crippen LogP contribution in [0.4, 0.5) is 14.5 Å². The van der Waals surface area contributed by atoms with Crippen molar-refractivity contribution in [1.29, 1.82) is 0 Å². The molecule has 2 amide bonds. The minimum absolute atomic E-state index is 0.0792. The lowest BCUT2D eigenvalue weighted by atomic mass is 9.87. The highest BCUT2D eigenvalue weighted by atomic mass is 35.5. The van der Waals surface area contributed by atoms with E-state index in [1.165, 1.54) is 23.1 Å². The number of hydrogen-bond acceptors (Lipinski definition) is 3. The fourth-order valence-electron chi connectivity index (χ4n) is 3.34. The molecule has 1 N–H and O–H groups in total. The van der Waals surface area contributed by atoms with Crippen molar-refractivity contribution in [2.45, 2.75) is 5.92 Å². The molecular formula is C21H18Cl2F2N2O3. The van der Waals surface area contributed by atoms with Gasteiger partial charge in [-0.25, -0.2) is 8.78 Å². The van der Waals surface area contributed by atoms with Gasteiger partial charge in [-0.3, -0.25) is 9.59 Å². The van der Waals surface area contributed by atoms with E-state index >= 15 is 0 Å². The van der Waals surface area contributed by atoms with Gasteiger partial charge in [0.05, 0.1) is 5.69 Å². The number of hydrogen-bond donors (Lipinski definition) is 1. The average Bonchev–Trinajstić information content (AvgIpc) is 3.00. The third-order valence-electron chi connectivity index (χ3n) is 4.78. The van der Waals surface area contributed by atoms with Crippen LogP contribution in [0.2, 0.25) is 0 Å². The van der Waals surface area contributed by atoms with Crippen molar-refractivity contribution in [2.75, 3.05) is 25.5 Å². The fraction of sp³-hybridized carbons (Fsp3) is 0.238. The van der Waals surface area contributed by atoms with Gasteiger partial charge in [-0.05, 0) is 35.9 Å². The third-order valence-corrected chi connectivity index (χ3v) is 5.09. The Bertz CT molecular complexity index is 996. The number of likely N-dealkylation sites (tertiary alicyclic amines) is 1. The lowest BCUT2D eigenvalue weighted by Crippen LogP contribution is -2.33. The Balaban J connectivity index is 1.83. The highest BCUT2D eigenvalue weighted by molar-refractivity contribution is 6.55. The van der Waals surface area contributed by atoms with Crippen LogP contribution in [0.1, 0.15) is 11.5 Å². The Hall–Kier alpha value is -2.64. The monoisotopic (exact) mass is 454 g/mol. The number of carbonyl (C=O) groups excluding carboxylic acids is 2. The topological polar surface area (TPSA) is 58.6 Å². The maximum absolute atomic E-state index is 13.9. The maximum Gasteiger partial charge on any atom is 0.237 e. The highest BCUT2D eigenvalue weighted by Crippen LogP contribution is 2.35. The summed E-state index contributed by atoms with van der Waals surface area (Å²) in [5.41, 5.74) is 0.383. The molecule has 2 aromatic rings. The largest absolute Gasteiger partial charge is 0.489 e. The van der Waals surface area contributed by atoms with Crippen molar-refractivity contribution in [3.63, 3.8) is 0 Å². The van der Waals surface area contributed by atoms with Crippen LogP contribution in [0.25, 0.3) is 0 Å². The molecule has 2 aromatic carbocycles. The van der Waals surface area contributed by atoms with E-state index < -0.39 is 35.3 Å². The summed E-state index contributed by atoms with van der Waals surface area (Å²) in [5.74, 6) is -4.45. The van der Waals surface area contributed by atoms with Gasteiger partial charge in [0.1, 0.15) is 22.8 Å². The summed E-state index contributed by atoms with van der Waals surface area (Å²) in [6.07, 6.45) is 1.48. The Kier molecular flexibility index (Phi) is 6.95. The first-order chi connectivity index (χ1) is 14.3. The molecule has 2 atom stereocenters. The molecule has 0 spiro atoms. The number of amides is 2. The van der Waals surface area contributed by atoms with Crippen molar-refractivity contribution in [1.82, 2.24) is 4.90 Å². The highest BCUT2D eigenvalue weighted by Gasteiger charge is 2.44. The van der Waals surface area contributed by atoms with Crippen molar-refractivity contribution >= 4 is 40.7 Å². The lowest BCUT2D eigenvalue weighted by Gasteiger charge is -2.18. The first kappa shape index (κ1) is 22.1. The molecule has 2 unspecified atom stereocenters. The van der Waals surface area contributed by atoms with Crippen LogP contribution < -0.4 is 10.1 Å². The number of ether oxygens (including phenoxy) is 1. The normalized spacial score (nSPS) is 18.3. The summed E-state index contributed by atoms with van der Waals surface area (Å²) in [7, 11) is 1.58. The summed E-state index contributed by atoms with van der Waals surface area (Å²) in [5, 5.41) is 2.34. The number of likely N-dealkylation sites (N-methyl/N-ethyl adjacent to an activating group) is 1. The molecule has 1 heterocycles. The van der Waals surface area contributed by atoms with Crippen LogP contribution in [0, 0.1) is 17.6 Å².